The Hall–Kier alpha value is -6.86. The molecule has 18 heteroatoms. The number of fused-ring (bicyclic) bond motifs is 4. The Kier molecular flexibility index (Phi) is 11.8. The number of amides is 2. The van der Waals surface area contributed by atoms with Gasteiger partial charge in [0.25, 0.3) is 11.8 Å². The van der Waals surface area contributed by atoms with E-state index in [1.165, 1.54) is 25.7 Å². The van der Waals surface area contributed by atoms with E-state index in [1.807, 2.05) is 67.8 Å². The summed E-state index contributed by atoms with van der Waals surface area (Å²) in [5, 5.41) is 5.47. The number of nitrogens with one attached hydrogen (secondary N) is 1. The number of carbonyl (C=O) groups excluding carboxylic acids is 2. The van der Waals surface area contributed by atoms with Gasteiger partial charge in [0.1, 0.15) is 39.4 Å². The minimum Gasteiger partial charge on any atom is -0.494 e. The lowest BCUT2D eigenvalue weighted by Crippen LogP contribution is -2.69. The second kappa shape index (κ2) is 18.3. The minimum atomic E-state index is -0.247. The molecule has 3 N–H and O–H groups in total. The number of imidazole rings is 2. The fourth-order valence-corrected chi connectivity index (χ4v) is 11.1. The highest BCUT2D eigenvalue weighted by molar-refractivity contribution is 6.01. The predicted molar refractivity (Wildman–Crippen MR) is 274 cm³/mol. The van der Waals surface area contributed by atoms with E-state index in [0.29, 0.717) is 67.2 Å². The molecule has 3 aliphatic heterocycles. The van der Waals surface area contributed by atoms with Crippen LogP contribution in [0.2, 0.25) is 0 Å². The molecule has 2 saturated carbocycles. The molecule has 5 aliphatic rings. The molecule has 0 unspecified atom stereocenters. The number of aryl methyl sites for hydroxylation is 2. The van der Waals surface area contributed by atoms with Gasteiger partial charge in [0, 0.05) is 107 Å². The highest BCUT2D eigenvalue weighted by atomic mass is 16.5. The van der Waals surface area contributed by atoms with Crippen molar-refractivity contribution in [2.24, 2.45) is 31.7 Å². The summed E-state index contributed by atoms with van der Waals surface area (Å²) >= 11 is 0. The largest absolute Gasteiger partial charge is 0.494 e. The molecular weight excluding hydrogens is 913 g/mol. The Balaban J connectivity index is 0.000000147. The van der Waals surface area contributed by atoms with Crippen molar-refractivity contribution in [3.8, 4) is 34.5 Å². The average Bonchev–Trinajstić information content (AvgIpc) is 4.28. The van der Waals surface area contributed by atoms with Gasteiger partial charge in [0.15, 0.2) is 11.6 Å². The van der Waals surface area contributed by atoms with Gasteiger partial charge in [-0.15, -0.1) is 0 Å². The van der Waals surface area contributed by atoms with Crippen LogP contribution >= 0.6 is 0 Å². The normalized spacial score (nSPS) is 19.8. The Morgan fingerprint density at radius 3 is 1.71 bits per heavy atom. The van der Waals surface area contributed by atoms with Crippen LogP contribution in [0, 0.1) is 11.8 Å². The van der Waals surface area contributed by atoms with Gasteiger partial charge in [-0.2, -0.15) is 0 Å². The number of morpholine rings is 1. The van der Waals surface area contributed by atoms with Crippen LogP contribution in [0.5, 0.6) is 11.5 Å². The first-order valence-corrected chi connectivity index (χ1v) is 25.2. The lowest BCUT2D eigenvalue weighted by molar-refractivity contribution is -0.126. The predicted octanol–water partition coefficient (Wildman–Crippen LogP) is 6.02. The van der Waals surface area contributed by atoms with Gasteiger partial charge in [-0.25, -0.2) is 19.9 Å². The quantitative estimate of drug-likeness (QED) is 0.154. The van der Waals surface area contributed by atoms with Crippen LogP contribution < -0.4 is 20.5 Å². The lowest BCUT2D eigenvalue weighted by Gasteiger charge is -2.48. The second-order valence-corrected chi connectivity index (χ2v) is 20.4. The summed E-state index contributed by atoms with van der Waals surface area (Å²) in [5.74, 6) is 4.24. The summed E-state index contributed by atoms with van der Waals surface area (Å²) in [4.78, 5) is 50.1. The van der Waals surface area contributed by atoms with Crippen molar-refractivity contribution in [2.75, 3.05) is 67.2 Å². The number of hydrogen-bond donors (Lipinski definition) is 2. The van der Waals surface area contributed by atoms with Gasteiger partial charge in [-0.05, 0) is 105 Å². The molecule has 8 aromatic rings. The molecule has 0 bridgehead atoms. The highest BCUT2D eigenvalue weighted by Crippen LogP contribution is 2.40. The molecule has 2 atom stereocenters. The number of aromatic nitrogens is 8. The van der Waals surface area contributed by atoms with Crippen molar-refractivity contribution in [2.45, 2.75) is 62.9 Å². The fourth-order valence-electron chi connectivity index (χ4n) is 11.1. The van der Waals surface area contributed by atoms with Gasteiger partial charge >= 0.3 is 0 Å². The number of rotatable bonds is 11. The highest BCUT2D eigenvalue weighted by Gasteiger charge is 2.44. The molecule has 374 valence electrons. The first kappa shape index (κ1) is 46.2. The molecule has 6 aromatic heterocycles. The van der Waals surface area contributed by atoms with E-state index < -0.39 is 0 Å². The Morgan fingerprint density at radius 2 is 1.25 bits per heavy atom. The molecule has 3 saturated heterocycles. The third kappa shape index (κ3) is 8.23. The summed E-state index contributed by atoms with van der Waals surface area (Å²) in [6.45, 7) is 6.24. The smallest absolute Gasteiger partial charge is 0.254 e. The fraction of sp³-hybridized carbons (Fsp3) is 0.444. The van der Waals surface area contributed by atoms with Gasteiger partial charge in [-0.1, -0.05) is 0 Å². The van der Waals surface area contributed by atoms with Crippen molar-refractivity contribution in [3.63, 3.8) is 0 Å². The number of nitrogens with zero attached hydrogens (tertiary/aromatic N) is 10. The maximum absolute atomic E-state index is 13.5. The Labute approximate surface area is 417 Å². The molecule has 13 rings (SSSR count). The van der Waals surface area contributed by atoms with Crippen molar-refractivity contribution in [3.05, 3.63) is 84.2 Å². The topological polar surface area (TPSA) is 187 Å². The van der Waals surface area contributed by atoms with E-state index in [0.717, 1.165) is 99.8 Å². The SMILES string of the molecule is COc1cc(C(=O)N2CCOC3(CNC3)C2)cc2nc(-c3cc4cccnc4n3CC3CC3)n(C)c12.COc1cc(C(=O)N2CC[C@@H](OC)[C@@H](N)C2)cc2nc(-c3cc4cccnc4n3CC3CC3)n(C)c12. The molecule has 5 fully saturated rings. The maximum Gasteiger partial charge on any atom is 0.254 e. The van der Waals surface area contributed by atoms with Crippen molar-refractivity contribution in [1.82, 2.24) is 53.3 Å². The summed E-state index contributed by atoms with van der Waals surface area (Å²) in [7, 11) is 8.95. The number of likely N-dealkylation sites (tertiary alicyclic amines) is 1. The third-order valence-electron chi connectivity index (χ3n) is 15.5. The molecule has 0 radical (unpaired) electrons. The number of benzene rings is 2. The zero-order valence-corrected chi connectivity index (χ0v) is 41.6. The van der Waals surface area contributed by atoms with Crippen molar-refractivity contribution < 1.29 is 28.5 Å². The zero-order chi connectivity index (χ0) is 49.4. The molecule has 9 heterocycles. The number of piperidine rings is 1. The van der Waals surface area contributed by atoms with E-state index in [1.54, 1.807) is 26.2 Å². The summed E-state index contributed by atoms with van der Waals surface area (Å²) in [5.41, 5.74) is 14.4. The van der Waals surface area contributed by atoms with E-state index in [-0.39, 0.29) is 29.6 Å². The lowest BCUT2D eigenvalue weighted by atomic mass is 9.94. The van der Waals surface area contributed by atoms with Gasteiger partial charge < -0.3 is 58.1 Å². The first-order chi connectivity index (χ1) is 35.0. The Morgan fingerprint density at radius 1 is 0.722 bits per heavy atom. The van der Waals surface area contributed by atoms with E-state index >= 15 is 0 Å². The number of nitrogens with two attached hydrogens (primary N) is 1. The van der Waals surface area contributed by atoms with Crippen LogP contribution in [-0.2, 0) is 36.7 Å². The second-order valence-electron chi connectivity index (χ2n) is 20.4. The molecule has 18 nitrogen and oxygen atoms in total. The molecule has 72 heavy (non-hydrogen) atoms. The summed E-state index contributed by atoms with van der Waals surface area (Å²) in [6.07, 6.45) is 9.39. The van der Waals surface area contributed by atoms with Gasteiger partial charge in [0.05, 0.1) is 55.9 Å². The standard InChI is InChI=1S/C27H30N6O3.C27H32N6O3/c1-31-23-20(30-25(31)21-11-18-4-3-7-29-24(18)33(21)13-17-5-6-17)10-19(12-22(23)35-2)26(34)32-8-9-36-27(16-32)14-28-15-27;1-31-24-20(11-18(13-23(24)36-3)27(34)32-10-8-22(35-2)19(28)15-32)30-26(31)21-12-17-5-4-9-29-25(17)33(21)14-16-6-7-16/h3-4,7,10-12,17,28H,5-6,8-9,13-16H2,1-2H3;4-5,9,11-13,16,19,22H,6-8,10,14-15,28H2,1-3H3/t;19-,22+/m.0/s1. The number of ether oxygens (including phenoxy) is 4. The Bertz CT molecular complexity index is 3400. The van der Waals surface area contributed by atoms with Gasteiger partial charge in [-0.3, -0.25) is 9.59 Å². The number of pyridine rings is 2. The van der Waals surface area contributed by atoms with Crippen LogP contribution in [0.3, 0.4) is 0 Å². The number of carbonyl (C=O) groups is 2. The molecular formula is C54H62N12O6. The van der Waals surface area contributed by atoms with Crippen LogP contribution in [0.4, 0.5) is 0 Å². The van der Waals surface area contributed by atoms with E-state index in [4.69, 9.17) is 34.6 Å². The minimum absolute atomic E-state index is 0.0102. The van der Waals surface area contributed by atoms with Gasteiger partial charge in [0.2, 0.25) is 0 Å². The molecule has 2 aliphatic carbocycles. The van der Waals surface area contributed by atoms with Crippen LogP contribution in [0.25, 0.3) is 67.2 Å². The number of hydrogen-bond acceptors (Lipinski definition) is 12. The first-order valence-electron chi connectivity index (χ1n) is 25.2. The maximum atomic E-state index is 13.5. The van der Waals surface area contributed by atoms with Crippen molar-refractivity contribution in [1.29, 1.82) is 0 Å². The van der Waals surface area contributed by atoms with E-state index in [9.17, 15) is 9.59 Å². The molecule has 1 spiro atoms. The molecule has 2 aromatic carbocycles. The molecule has 2 amide bonds. The average molecular weight is 975 g/mol. The monoisotopic (exact) mass is 974 g/mol. The van der Waals surface area contributed by atoms with Crippen LogP contribution in [0.15, 0.2) is 73.1 Å². The zero-order valence-electron chi connectivity index (χ0n) is 41.6. The van der Waals surface area contributed by atoms with Crippen LogP contribution in [0.1, 0.15) is 52.8 Å². The number of methoxy groups -OCH3 is 3. The van der Waals surface area contributed by atoms with Crippen LogP contribution in [-0.4, -0.2) is 145 Å². The summed E-state index contributed by atoms with van der Waals surface area (Å²) < 4.78 is 31.7. The third-order valence-corrected chi connectivity index (χ3v) is 15.5. The van der Waals surface area contributed by atoms with E-state index in [2.05, 4.69) is 57.8 Å². The van der Waals surface area contributed by atoms with Crippen molar-refractivity contribution >= 4 is 55.9 Å². The summed E-state index contributed by atoms with van der Waals surface area (Å²) in [6, 6.07) is 19.7.